The maximum atomic E-state index is 10.9. The second-order valence-electron chi connectivity index (χ2n) is 4.86. The summed E-state index contributed by atoms with van der Waals surface area (Å²) in [5, 5.41) is 9.96. The SMILES string of the molecule is O=C(O)Cc1c(Br)sc2cc(OCc3ccccc3)ccc12. The van der Waals surface area contributed by atoms with E-state index in [9.17, 15) is 4.79 Å². The average molecular weight is 377 g/mol. The lowest BCUT2D eigenvalue weighted by molar-refractivity contribution is -0.136. The van der Waals surface area contributed by atoms with Gasteiger partial charge in [-0.2, -0.15) is 0 Å². The highest BCUT2D eigenvalue weighted by Crippen LogP contribution is 2.37. The molecule has 0 atom stereocenters. The van der Waals surface area contributed by atoms with Gasteiger partial charge in [0.25, 0.3) is 0 Å². The third kappa shape index (κ3) is 3.31. The number of hydrogen-bond donors (Lipinski definition) is 1. The van der Waals surface area contributed by atoms with Crippen LogP contribution in [0.1, 0.15) is 11.1 Å². The minimum absolute atomic E-state index is 0.0187. The van der Waals surface area contributed by atoms with Gasteiger partial charge in [-0.3, -0.25) is 4.79 Å². The lowest BCUT2D eigenvalue weighted by Gasteiger charge is -2.06. The summed E-state index contributed by atoms with van der Waals surface area (Å²) in [6.07, 6.45) is 0.0187. The number of fused-ring (bicyclic) bond motifs is 1. The maximum Gasteiger partial charge on any atom is 0.307 e. The Hall–Kier alpha value is -1.85. The van der Waals surface area contributed by atoms with Gasteiger partial charge in [0.1, 0.15) is 12.4 Å². The zero-order valence-electron chi connectivity index (χ0n) is 11.6. The van der Waals surface area contributed by atoms with Crippen LogP contribution in [-0.4, -0.2) is 11.1 Å². The molecule has 22 heavy (non-hydrogen) atoms. The molecule has 112 valence electrons. The van der Waals surface area contributed by atoms with Gasteiger partial charge in [0.15, 0.2) is 0 Å². The molecule has 0 saturated carbocycles. The fourth-order valence-electron chi connectivity index (χ4n) is 2.25. The summed E-state index contributed by atoms with van der Waals surface area (Å²) < 4.78 is 7.69. The van der Waals surface area contributed by atoms with Crippen LogP contribution in [0.15, 0.2) is 52.3 Å². The first-order valence-corrected chi connectivity index (χ1v) is 8.34. The van der Waals surface area contributed by atoms with Crippen LogP contribution >= 0.6 is 27.3 Å². The molecule has 0 aliphatic carbocycles. The Morgan fingerprint density at radius 3 is 2.68 bits per heavy atom. The standard InChI is InChI=1S/C17H13BrO3S/c18-17-14(9-16(19)20)13-7-6-12(8-15(13)22-17)21-10-11-4-2-1-3-5-11/h1-8H,9-10H2,(H,19,20). The predicted octanol–water partition coefficient (Wildman–Crippen LogP) is 4.87. The number of halogens is 1. The number of aliphatic carboxylic acids is 1. The van der Waals surface area contributed by atoms with Crippen LogP contribution in [-0.2, 0) is 17.8 Å². The zero-order valence-corrected chi connectivity index (χ0v) is 14.0. The van der Waals surface area contributed by atoms with Crippen molar-refractivity contribution in [2.45, 2.75) is 13.0 Å². The Kier molecular flexibility index (Phi) is 4.45. The van der Waals surface area contributed by atoms with Crippen LogP contribution in [0.3, 0.4) is 0 Å². The van der Waals surface area contributed by atoms with E-state index in [1.165, 1.54) is 11.3 Å². The van der Waals surface area contributed by atoms with Crippen molar-refractivity contribution < 1.29 is 14.6 Å². The molecule has 0 radical (unpaired) electrons. The van der Waals surface area contributed by atoms with Gasteiger partial charge in [-0.05, 0) is 50.6 Å². The Bertz CT molecular complexity index is 811. The molecule has 5 heteroatoms. The highest BCUT2D eigenvalue weighted by atomic mass is 79.9. The highest BCUT2D eigenvalue weighted by Gasteiger charge is 2.13. The van der Waals surface area contributed by atoms with Crippen molar-refractivity contribution in [2.24, 2.45) is 0 Å². The first-order valence-electron chi connectivity index (χ1n) is 6.73. The number of carboxylic acid groups (broad SMARTS) is 1. The lowest BCUT2D eigenvalue weighted by Crippen LogP contribution is -1.99. The fraction of sp³-hybridized carbons (Fsp3) is 0.118. The molecule has 1 N–H and O–H groups in total. The van der Waals surface area contributed by atoms with Gasteiger partial charge in [-0.1, -0.05) is 30.3 Å². The van der Waals surface area contributed by atoms with E-state index in [0.29, 0.717) is 6.61 Å². The smallest absolute Gasteiger partial charge is 0.307 e. The molecule has 0 aliphatic rings. The summed E-state index contributed by atoms with van der Waals surface area (Å²) in [5.41, 5.74) is 1.93. The molecular formula is C17H13BrO3S. The number of ether oxygens (including phenoxy) is 1. The van der Waals surface area contributed by atoms with E-state index in [1.807, 2.05) is 48.5 Å². The summed E-state index contributed by atoms with van der Waals surface area (Å²) in [5.74, 6) is -0.0446. The Labute approximate surface area is 140 Å². The van der Waals surface area contributed by atoms with Crippen LogP contribution in [0.2, 0.25) is 0 Å². The van der Waals surface area contributed by atoms with Crippen LogP contribution in [0.5, 0.6) is 5.75 Å². The Morgan fingerprint density at radius 2 is 1.95 bits per heavy atom. The monoisotopic (exact) mass is 376 g/mol. The van der Waals surface area contributed by atoms with Gasteiger partial charge < -0.3 is 9.84 Å². The molecular weight excluding hydrogens is 364 g/mol. The van der Waals surface area contributed by atoms with Crippen LogP contribution in [0.25, 0.3) is 10.1 Å². The van der Waals surface area contributed by atoms with Crippen molar-refractivity contribution in [2.75, 3.05) is 0 Å². The quantitative estimate of drug-likeness (QED) is 0.690. The van der Waals surface area contributed by atoms with Gasteiger partial charge in [0, 0.05) is 4.70 Å². The molecule has 0 fully saturated rings. The van der Waals surface area contributed by atoms with E-state index in [2.05, 4.69) is 15.9 Å². The summed E-state index contributed by atoms with van der Waals surface area (Å²) >= 11 is 4.98. The molecule has 3 rings (SSSR count). The molecule has 0 spiro atoms. The van der Waals surface area contributed by atoms with Gasteiger partial charge in [0.05, 0.1) is 10.2 Å². The Morgan fingerprint density at radius 1 is 1.18 bits per heavy atom. The molecule has 2 aromatic carbocycles. The lowest BCUT2D eigenvalue weighted by atomic mass is 10.1. The van der Waals surface area contributed by atoms with Crippen molar-refractivity contribution in [1.29, 1.82) is 0 Å². The van der Waals surface area contributed by atoms with Crippen molar-refractivity contribution in [3.05, 3.63) is 63.4 Å². The van der Waals surface area contributed by atoms with Gasteiger partial charge >= 0.3 is 5.97 Å². The Balaban J connectivity index is 1.83. The fourth-order valence-corrected chi connectivity index (χ4v) is 4.10. The second-order valence-corrected chi connectivity index (χ2v) is 7.23. The highest BCUT2D eigenvalue weighted by molar-refractivity contribution is 9.11. The molecule has 0 saturated heterocycles. The topological polar surface area (TPSA) is 46.5 Å². The first kappa shape index (κ1) is 15.1. The number of thiophene rings is 1. The first-order chi connectivity index (χ1) is 10.6. The number of hydrogen-bond acceptors (Lipinski definition) is 3. The third-order valence-electron chi connectivity index (χ3n) is 3.29. The normalized spacial score (nSPS) is 10.8. The van der Waals surface area contributed by atoms with Gasteiger partial charge in [-0.25, -0.2) is 0 Å². The average Bonchev–Trinajstić information content (AvgIpc) is 2.81. The summed E-state index contributed by atoms with van der Waals surface area (Å²) in [6.45, 7) is 0.515. The molecule has 0 bridgehead atoms. The van der Waals surface area contributed by atoms with Crippen molar-refractivity contribution in [3.63, 3.8) is 0 Å². The van der Waals surface area contributed by atoms with Crippen molar-refractivity contribution in [1.82, 2.24) is 0 Å². The number of carbonyl (C=O) groups is 1. The van der Waals surface area contributed by atoms with E-state index in [1.54, 1.807) is 0 Å². The van der Waals surface area contributed by atoms with E-state index in [0.717, 1.165) is 30.7 Å². The molecule has 0 aliphatic heterocycles. The largest absolute Gasteiger partial charge is 0.489 e. The third-order valence-corrected chi connectivity index (χ3v) is 5.24. The summed E-state index contributed by atoms with van der Waals surface area (Å²) in [7, 11) is 0. The molecule has 1 aromatic heterocycles. The molecule has 3 nitrogen and oxygen atoms in total. The van der Waals surface area contributed by atoms with Crippen molar-refractivity contribution in [3.8, 4) is 5.75 Å². The van der Waals surface area contributed by atoms with Crippen LogP contribution < -0.4 is 4.74 Å². The van der Waals surface area contributed by atoms with E-state index in [-0.39, 0.29) is 6.42 Å². The molecule has 1 heterocycles. The maximum absolute atomic E-state index is 10.9. The minimum Gasteiger partial charge on any atom is -0.489 e. The van der Waals surface area contributed by atoms with Crippen molar-refractivity contribution >= 4 is 43.3 Å². The van der Waals surface area contributed by atoms with Crippen LogP contribution in [0, 0.1) is 0 Å². The summed E-state index contributed by atoms with van der Waals surface area (Å²) in [6, 6.07) is 15.7. The van der Waals surface area contributed by atoms with E-state index >= 15 is 0 Å². The van der Waals surface area contributed by atoms with E-state index in [4.69, 9.17) is 9.84 Å². The number of rotatable bonds is 5. The van der Waals surface area contributed by atoms with Crippen LogP contribution in [0.4, 0.5) is 0 Å². The summed E-state index contributed by atoms with van der Waals surface area (Å²) in [4.78, 5) is 10.9. The molecule has 0 unspecified atom stereocenters. The molecule has 3 aromatic rings. The predicted molar refractivity (Wildman–Crippen MR) is 91.6 cm³/mol. The minimum atomic E-state index is -0.829. The van der Waals surface area contributed by atoms with Gasteiger partial charge in [0.2, 0.25) is 0 Å². The molecule has 0 amide bonds. The zero-order chi connectivity index (χ0) is 15.5. The number of benzene rings is 2. The second kappa shape index (κ2) is 6.50. The van der Waals surface area contributed by atoms with Gasteiger partial charge in [-0.15, -0.1) is 11.3 Å². The van der Waals surface area contributed by atoms with E-state index < -0.39 is 5.97 Å². The number of carboxylic acids is 1.